The maximum absolute atomic E-state index is 12.5. The van der Waals surface area contributed by atoms with Crippen LogP contribution in [0.15, 0.2) is 11.6 Å². The van der Waals surface area contributed by atoms with Gasteiger partial charge in [-0.1, -0.05) is 35.4 Å². The number of carbonyl (C=O) groups is 2. The number of allylic oxidation sites excluding steroid dienone is 1. The van der Waals surface area contributed by atoms with E-state index in [9.17, 15) is 14.7 Å². The summed E-state index contributed by atoms with van der Waals surface area (Å²) < 4.78 is 0. The Morgan fingerprint density at radius 3 is 2.60 bits per heavy atom. The number of halogens is 1. The first-order chi connectivity index (χ1) is 11.8. The number of rotatable bonds is 2. The van der Waals surface area contributed by atoms with E-state index in [1.165, 1.54) is 5.57 Å². The summed E-state index contributed by atoms with van der Waals surface area (Å²) in [7, 11) is 0. The molecule has 0 aliphatic heterocycles. The molecule has 0 amide bonds. The average Bonchev–Trinajstić information content (AvgIpc) is 2.87. The molecule has 4 aliphatic carbocycles. The zero-order valence-corrected chi connectivity index (χ0v) is 16.9. The van der Waals surface area contributed by atoms with Gasteiger partial charge in [0.1, 0.15) is 5.60 Å². The third-order valence-corrected chi connectivity index (χ3v) is 9.21. The van der Waals surface area contributed by atoms with E-state index in [0.717, 1.165) is 38.5 Å². The summed E-state index contributed by atoms with van der Waals surface area (Å²) in [5, 5.41) is 11.5. The highest BCUT2D eigenvalue weighted by Gasteiger charge is 2.65. The minimum absolute atomic E-state index is 0.0400. The molecule has 6 atom stereocenters. The Kier molecular flexibility index (Phi) is 4.12. The van der Waals surface area contributed by atoms with Gasteiger partial charge in [0, 0.05) is 11.8 Å². The Morgan fingerprint density at radius 1 is 1.16 bits per heavy atom. The lowest BCUT2D eigenvalue weighted by molar-refractivity contribution is -0.159. The van der Waals surface area contributed by atoms with Crippen molar-refractivity contribution in [1.29, 1.82) is 0 Å². The van der Waals surface area contributed by atoms with Crippen LogP contribution in [0.4, 0.5) is 0 Å². The molecule has 1 N–H and O–H groups in total. The number of carbonyl (C=O) groups excluding carboxylic acids is 2. The lowest BCUT2D eigenvalue weighted by Crippen LogP contribution is -2.57. The largest absolute Gasteiger partial charge is 0.381 e. The molecule has 0 spiro atoms. The molecular formula is C21H29BrO3. The first-order valence-corrected chi connectivity index (χ1v) is 10.9. The van der Waals surface area contributed by atoms with Crippen molar-refractivity contribution in [1.82, 2.24) is 0 Å². The third kappa shape index (κ3) is 2.25. The Morgan fingerprint density at radius 2 is 1.88 bits per heavy atom. The normalized spacial score (nSPS) is 49.0. The van der Waals surface area contributed by atoms with Crippen molar-refractivity contribution in [2.45, 2.75) is 70.8 Å². The van der Waals surface area contributed by atoms with Crippen LogP contribution in [-0.4, -0.2) is 27.6 Å². The summed E-state index contributed by atoms with van der Waals surface area (Å²) in [6.45, 7) is 4.54. The second kappa shape index (κ2) is 5.76. The molecule has 3 saturated carbocycles. The van der Waals surface area contributed by atoms with Gasteiger partial charge in [0.15, 0.2) is 11.6 Å². The lowest BCUT2D eigenvalue weighted by Gasteiger charge is -2.58. The van der Waals surface area contributed by atoms with Gasteiger partial charge >= 0.3 is 0 Å². The Bertz CT molecular complexity index is 656. The van der Waals surface area contributed by atoms with Crippen LogP contribution in [0.2, 0.25) is 0 Å². The highest BCUT2D eigenvalue weighted by Crippen LogP contribution is 2.67. The lowest BCUT2D eigenvalue weighted by atomic mass is 9.46. The highest BCUT2D eigenvalue weighted by atomic mass is 79.9. The molecular weight excluding hydrogens is 380 g/mol. The summed E-state index contributed by atoms with van der Waals surface area (Å²) >= 11 is 3.28. The van der Waals surface area contributed by atoms with E-state index in [1.807, 2.05) is 6.08 Å². The fraction of sp³-hybridized carbons (Fsp3) is 0.810. The summed E-state index contributed by atoms with van der Waals surface area (Å²) in [5.41, 5.74) is 0.0730. The molecule has 0 radical (unpaired) electrons. The topological polar surface area (TPSA) is 54.4 Å². The van der Waals surface area contributed by atoms with Crippen LogP contribution in [0.5, 0.6) is 0 Å². The summed E-state index contributed by atoms with van der Waals surface area (Å²) in [6, 6.07) is 0. The van der Waals surface area contributed by atoms with Crippen LogP contribution in [0.1, 0.15) is 65.2 Å². The van der Waals surface area contributed by atoms with Gasteiger partial charge < -0.3 is 5.11 Å². The predicted molar refractivity (Wildman–Crippen MR) is 100 cm³/mol. The van der Waals surface area contributed by atoms with Crippen molar-refractivity contribution in [2.24, 2.45) is 28.6 Å². The number of hydrogen-bond acceptors (Lipinski definition) is 3. The van der Waals surface area contributed by atoms with Crippen molar-refractivity contribution >= 4 is 27.5 Å². The fourth-order valence-electron chi connectivity index (χ4n) is 7.14. The highest BCUT2D eigenvalue weighted by molar-refractivity contribution is 9.09. The standard InChI is InChI=1S/C21H29BrO3/c1-19-8-5-14(23)11-13(19)3-4-15-16(19)6-9-20(2)17(15)7-10-21(20,25)18(24)12-22/h11,15-17,25H,3-10,12H2,1-2H3/t15-,16+,17-,19-,20-,21-/m0/s1. The summed E-state index contributed by atoms with van der Waals surface area (Å²) in [5.74, 6) is 1.85. The van der Waals surface area contributed by atoms with Gasteiger partial charge in [0.05, 0.1) is 5.33 Å². The van der Waals surface area contributed by atoms with Crippen LogP contribution in [0.25, 0.3) is 0 Å². The van der Waals surface area contributed by atoms with E-state index < -0.39 is 5.60 Å². The van der Waals surface area contributed by atoms with E-state index >= 15 is 0 Å². The van der Waals surface area contributed by atoms with E-state index in [0.29, 0.717) is 36.4 Å². The quantitative estimate of drug-likeness (QED) is 0.695. The zero-order valence-electron chi connectivity index (χ0n) is 15.3. The second-order valence-corrected chi connectivity index (χ2v) is 9.94. The summed E-state index contributed by atoms with van der Waals surface area (Å²) in [6.07, 6.45) is 9.28. The van der Waals surface area contributed by atoms with Gasteiger partial charge in [-0.2, -0.15) is 0 Å². The number of aliphatic hydroxyl groups is 1. The number of ketones is 2. The van der Waals surface area contributed by atoms with Crippen molar-refractivity contribution in [3.05, 3.63) is 11.6 Å². The molecule has 4 aliphatic rings. The van der Waals surface area contributed by atoms with Crippen molar-refractivity contribution in [3.8, 4) is 0 Å². The van der Waals surface area contributed by atoms with Crippen LogP contribution >= 0.6 is 15.9 Å². The first kappa shape index (κ1) is 17.9. The van der Waals surface area contributed by atoms with Crippen LogP contribution in [-0.2, 0) is 9.59 Å². The minimum Gasteiger partial charge on any atom is -0.381 e. The Labute approximate surface area is 158 Å². The molecule has 4 rings (SSSR count). The minimum atomic E-state index is -1.16. The average molecular weight is 409 g/mol. The molecule has 25 heavy (non-hydrogen) atoms. The maximum Gasteiger partial charge on any atom is 0.175 e. The second-order valence-electron chi connectivity index (χ2n) is 9.38. The molecule has 3 nitrogen and oxygen atoms in total. The molecule has 138 valence electrons. The van der Waals surface area contributed by atoms with E-state index in [-0.39, 0.29) is 21.9 Å². The van der Waals surface area contributed by atoms with Gasteiger partial charge in [-0.15, -0.1) is 0 Å². The van der Waals surface area contributed by atoms with Gasteiger partial charge in [-0.3, -0.25) is 9.59 Å². The molecule has 0 aromatic carbocycles. The monoisotopic (exact) mass is 408 g/mol. The molecule has 0 bridgehead atoms. The number of Topliss-reactive ketones (excluding diaryl/α,β-unsaturated/α-hetero) is 1. The third-order valence-electron chi connectivity index (χ3n) is 8.70. The van der Waals surface area contributed by atoms with Crippen molar-refractivity contribution < 1.29 is 14.7 Å². The molecule has 0 heterocycles. The van der Waals surface area contributed by atoms with Crippen LogP contribution < -0.4 is 0 Å². The van der Waals surface area contributed by atoms with E-state index in [1.54, 1.807) is 0 Å². The maximum atomic E-state index is 12.5. The van der Waals surface area contributed by atoms with Gasteiger partial charge in [0.2, 0.25) is 0 Å². The number of hydrogen-bond donors (Lipinski definition) is 1. The van der Waals surface area contributed by atoms with Gasteiger partial charge in [-0.05, 0) is 74.2 Å². The summed E-state index contributed by atoms with van der Waals surface area (Å²) in [4.78, 5) is 24.4. The molecule has 3 fully saturated rings. The molecule has 0 saturated heterocycles. The van der Waals surface area contributed by atoms with E-state index in [2.05, 4.69) is 29.8 Å². The zero-order chi connectivity index (χ0) is 18.0. The molecule has 4 heteroatoms. The van der Waals surface area contributed by atoms with E-state index in [4.69, 9.17) is 0 Å². The number of fused-ring (bicyclic) bond motifs is 5. The molecule has 0 aromatic rings. The number of alkyl halides is 1. The van der Waals surface area contributed by atoms with Crippen LogP contribution in [0.3, 0.4) is 0 Å². The molecule has 0 unspecified atom stereocenters. The Hall–Kier alpha value is -0.480. The van der Waals surface area contributed by atoms with Crippen molar-refractivity contribution in [2.75, 3.05) is 5.33 Å². The van der Waals surface area contributed by atoms with Gasteiger partial charge in [-0.25, -0.2) is 0 Å². The van der Waals surface area contributed by atoms with Crippen LogP contribution in [0, 0.1) is 28.6 Å². The van der Waals surface area contributed by atoms with Crippen molar-refractivity contribution in [3.63, 3.8) is 0 Å². The Balaban J connectivity index is 1.68. The first-order valence-electron chi connectivity index (χ1n) is 9.82. The smallest absolute Gasteiger partial charge is 0.175 e. The predicted octanol–water partition coefficient (Wildman–Crippen LogP) is 4.21. The fourth-order valence-corrected chi connectivity index (χ4v) is 7.61. The SMILES string of the molecule is C[C@]12CCC(=O)C=C1CC[C@H]1[C@H]2CC[C@@]2(C)[C@H]1CC[C@]2(O)C(=O)CBr. The van der Waals surface area contributed by atoms with Gasteiger partial charge in [0.25, 0.3) is 0 Å². The molecule has 0 aromatic heterocycles.